The van der Waals surface area contributed by atoms with Crippen LogP contribution in [0.25, 0.3) is 0 Å². The molecule has 0 aliphatic carbocycles. The monoisotopic (exact) mass is 502 g/mol. The third-order valence-corrected chi connectivity index (χ3v) is 5.42. The van der Waals surface area contributed by atoms with Crippen molar-refractivity contribution in [2.75, 3.05) is 26.9 Å². The SMILES string of the molecule is C=C(COCCCCCCOc1ccc(N=Nc2ccc(OC)cc2)cc1)C(=O)OCc1ccccc1. The Balaban J connectivity index is 1.19. The van der Waals surface area contributed by atoms with Gasteiger partial charge in [-0.15, -0.1) is 0 Å². The van der Waals surface area contributed by atoms with Gasteiger partial charge in [-0.25, -0.2) is 4.79 Å². The third-order valence-electron chi connectivity index (χ3n) is 5.42. The molecule has 0 aliphatic heterocycles. The van der Waals surface area contributed by atoms with Gasteiger partial charge in [0.15, 0.2) is 0 Å². The minimum atomic E-state index is -0.422. The number of carbonyl (C=O) groups is 1. The van der Waals surface area contributed by atoms with Crippen LogP contribution in [-0.4, -0.2) is 32.9 Å². The number of methoxy groups -OCH3 is 1. The van der Waals surface area contributed by atoms with E-state index < -0.39 is 5.97 Å². The second-order valence-corrected chi connectivity index (χ2v) is 8.37. The summed E-state index contributed by atoms with van der Waals surface area (Å²) in [6.07, 6.45) is 3.94. The number of azo groups is 1. The molecule has 0 bridgehead atoms. The lowest BCUT2D eigenvalue weighted by molar-refractivity contribution is -0.141. The van der Waals surface area contributed by atoms with Gasteiger partial charge in [0.05, 0.1) is 37.3 Å². The Bertz CT molecular complexity index is 1110. The lowest BCUT2D eigenvalue weighted by Crippen LogP contribution is -2.12. The molecule has 0 N–H and O–H groups in total. The van der Waals surface area contributed by atoms with Crippen LogP contribution in [0.1, 0.15) is 31.2 Å². The number of hydrogen-bond donors (Lipinski definition) is 0. The van der Waals surface area contributed by atoms with Crippen molar-refractivity contribution >= 4 is 17.3 Å². The van der Waals surface area contributed by atoms with Gasteiger partial charge in [0.1, 0.15) is 18.1 Å². The highest BCUT2D eigenvalue weighted by Crippen LogP contribution is 2.23. The molecule has 194 valence electrons. The van der Waals surface area contributed by atoms with Gasteiger partial charge < -0.3 is 18.9 Å². The summed E-state index contributed by atoms with van der Waals surface area (Å²) in [7, 11) is 1.63. The molecular formula is C30H34N2O5. The molecule has 0 amide bonds. The molecule has 7 heteroatoms. The number of rotatable bonds is 16. The molecular weight excluding hydrogens is 468 g/mol. The normalized spacial score (nSPS) is 10.8. The Hall–Kier alpha value is -3.97. The largest absolute Gasteiger partial charge is 0.497 e. The molecule has 0 radical (unpaired) electrons. The van der Waals surface area contributed by atoms with Crippen LogP contribution in [-0.2, 0) is 20.9 Å². The van der Waals surface area contributed by atoms with Crippen molar-refractivity contribution in [3.05, 3.63) is 96.6 Å². The van der Waals surface area contributed by atoms with Crippen LogP contribution in [0.3, 0.4) is 0 Å². The van der Waals surface area contributed by atoms with Crippen LogP contribution < -0.4 is 9.47 Å². The number of unbranched alkanes of at least 4 members (excludes halogenated alkanes) is 3. The maximum Gasteiger partial charge on any atom is 0.336 e. The molecule has 0 saturated carbocycles. The van der Waals surface area contributed by atoms with Gasteiger partial charge in [0.2, 0.25) is 0 Å². The highest BCUT2D eigenvalue weighted by Gasteiger charge is 2.09. The number of nitrogens with zero attached hydrogens (tertiary/aromatic N) is 2. The molecule has 7 nitrogen and oxygen atoms in total. The van der Waals surface area contributed by atoms with Crippen LogP contribution in [0.15, 0.2) is 101 Å². The fraction of sp³-hybridized carbons (Fsp3) is 0.300. The molecule has 0 unspecified atom stereocenters. The third kappa shape index (κ3) is 10.7. The summed E-state index contributed by atoms with van der Waals surface area (Å²) in [5.41, 5.74) is 2.79. The topological polar surface area (TPSA) is 78.7 Å². The minimum absolute atomic E-state index is 0.187. The van der Waals surface area contributed by atoms with E-state index in [1.165, 1.54) is 0 Å². The zero-order valence-corrected chi connectivity index (χ0v) is 21.3. The average molecular weight is 503 g/mol. The van der Waals surface area contributed by atoms with Crippen molar-refractivity contribution in [2.45, 2.75) is 32.3 Å². The lowest BCUT2D eigenvalue weighted by Gasteiger charge is -2.08. The Morgan fingerprint density at radius 1 is 0.757 bits per heavy atom. The second kappa shape index (κ2) is 15.9. The fourth-order valence-electron chi connectivity index (χ4n) is 3.30. The number of hydrogen-bond acceptors (Lipinski definition) is 7. The van der Waals surface area contributed by atoms with E-state index in [-0.39, 0.29) is 13.2 Å². The summed E-state index contributed by atoms with van der Waals surface area (Å²) in [5, 5.41) is 8.47. The summed E-state index contributed by atoms with van der Waals surface area (Å²) < 4.78 is 21.8. The molecule has 3 rings (SSSR count). The summed E-state index contributed by atoms with van der Waals surface area (Å²) in [6, 6.07) is 24.5. The van der Waals surface area contributed by atoms with E-state index in [9.17, 15) is 4.79 Å². The van der Waals surface area contributed by atoms with Crippen molar-refractivity contribution in [1.29, 1.82) is 0 Å². The van der Waals surface area contributed by atoms with E-state index in [4.69, 9.17) is 18.9 Å². The maximum atomic E-state index is 12.0. The Morgan fingerprint density at radius 3 is 1.97 bits per heavy atom. The highest BCUT2D eigenvalue weighted by molar-refractivity contribution is 5.87. The van der Waals surface area contributed by atoms with Crippen molar-refractivity contribution in [2.24, 2.45) is 10.2 Å². The van der Waals surface area contributed by atoms with Crippen LogP contribution >= 0.6 is 0 Å². The first-order valence-electron chi connectivity index (χ1n) is 12.4. The van der Waals surface area contributed by atoms with Gasteiger partial charge in [0, 0.05) is 6.61 Å². The first-order chi connectivity index (χ1) is 18.1. The van der Waals surface area contributed by atoms with E-state index in [0.29, 0.717) is 18.8 Å². The zero-order valence-electron chi connectivity index (χ0n) is 21.3. The number of carbonyl (C=O) groups excluding carboxylic acids is 1. The Morgan fingerprint density at radius 2 is 1.35 bits per heavy atom. The first-order valence-corrected chi connectivity index (χ1v) is 12.4. The molecule has 0 saturated heterocycles. The molecule has 0 aromatic heterocycles. The van der Waals surface area contributed by atoms with Crippen LogP contribution in [0.2, 0.25) is 0 Å². The van der Waals surface area contributed by atoms with Crippen LogP contribution in [0.5, 0.6) is 11.5 Å². The molecule has 0 fully saturated rings. The molecule has 0 heterocycles. The highest BCUT2D eigenvalue weighted by atomic mass is 16.5. The van der Waals surface area contributed by atoms with E-state index >= 15 is 0 Å². The molecule has 0 spiro atoms. The van der Waals surface area contributed by atoms with Gasteiger partial charge in [-0.05, 0) is 73.4 Å². The summed E-state index contributed by atoms with van der Waals surface area (Å²) >= 11 is 0. The smallest absolute Gasteiger partial charge is 0.336 e. The van der Waals surface area contributed by atoms with Gasteiger partial charge in [-0.1, -0.05) is 43.3 Å². The number of esters is 1. The van der Waals surface area contributed by atoms with E-state index in [1.54, 1.807) is 7.11 Å². The summed E-state index contributed by atoms with van der Waals surface area (Å²) in [5.74, 6) is 1.17. The van der Waals surface area contributed by atoms with E-state index in [2.05, 4.69) is 16.8 Å². The standard InChI is InChI=1S/C30H34N2O5/c1-24(30(33)37-23-25-10-6-5-7-11-25)22-35-20-8-3-4-9-21-36-29-18-14-27(15-19-29)32-31-26-12-16-28(34-2)17-13-26/h5-7,10-19H,1,3-4,8-9,20-23H2,2H3. The Labute approximate surface area is 218 Å². The van der Waals surface area contributed by atoms with Crippen molar-refractivity contribution in [3.63, 3.8) is 0 Å². The van der Waals surface area contributed by atoms with Crippen LogP contribution in [0.4, 0.5) is 11.4 Å². The quantitative estimate of drug-likeness (QED) is 0.0884. The van der Waals surface area contributed by atoms with Crippen LogP contribution in [0, 0.1) is 0 Å². The number of ether oxygens (including phenoxy) is 4. The number of benzene rings is 3. The van der Waals surface area contributed by atoms with E-state index in [1.807, 2.05) is 78.9 Å². The maximum absolute atomic E-state index is 12.0. The van der Waals surface area contributed by atoms with Gasteiger partial charge in [-0.2, -0.15) is 10.2 Å². The lowest BCUT2D eigenvalue weighted by atomic mass is 10.2. The molecule has 0 atom stereocenters. The van der Waals surface area contributed by atoms with Crippen molar-refractivity contribution in [3.8, 4) is 11.5 Å². The predicted octanol–water partition coefficient (Wildman–Crippen LogP) is 7.37. The van der Waals surface area contributed by atoms with Gasteiger partial charge in [0.25, 0.3) is 0 Å². The first kappa shape index (κ1) is 27.6. The molecule has 0 aliphatic rings. The van der Waals surface area contributed by atoms with Gasteiger partial charge in [-0.3, -0.25) is 0 Å². The van der Waals surface area contributed by atoms with Crippen molar-refractivity contribution in [1.82, 2.24) is 0 Å². The predicted molar refractivity (Wildman–Crippen MR) is 144 cm³/mol. The van der Waals surface area contributed by atoms with Gasteiger partial charge >= 0.3 is 5.97 Å². The summed E-state index contributed by atoms with van der Waals surface area (Å²) in [6.45, 7) is 5.41. The average Bonchev–Trinajstić information content (AvgIpc) is 2.95. The second-order valence-electron chi connectivity index (χ2n) is 8.37. The molecule has 37 heavy (non-hydrogen) atoms. The molecule has 3 aromatic rings. The minimum Gasteiger partial charge on any atom is -0.497 e. The molecule has 3 aromatic carbocycles. The van der Waals surface area contributed by atoms with E-state index in [0.717, 1.165) is 54.1 Å². The fourth-order valence-corrected chi connectivity index (χ4v) is 3.30. The Kier molecular flexibility index (Phi) is 11.9. The summed E-state index contributed by atoms with van der Waals surface area (Å²) in [4.78, 5) is 12.0. The van der Waals surface area contributed by atoms with Crippen molar-refractivity contribution < 1.29 is 23.7 Å². The zero-order chi connectivity index (χ0) is 26.1.